The van der Waals surface area contributed by atoms with Crippen molar-refractivity contribution in [2.45, 2.75) is 11.8 Å². The van der Waals surface area contributed by atoms with Crippen LogP contribution < -0.4 is 9.63 Å². The molecule has 0 amide bonds. The maximum atomic E-state index is 12.4. The molecule has 1 heterocycles. The molecule has 0 saturated carbocycles. The molecule has 3 aromatic rings. The van der Waals surface area contributed by atoms with Crippen LogP contribution in [0.15, 0.2) is 58.5 Å². The molecule has 0 aliphatic rings. The minimum absolute atomic E-state index is 0.00251. The van der Waals surface area contributed by atoms with Crippen molar-refractivity contribution in [3.05, 3.63) is 58.9 Å². The average Bonchev–Trinajstić information content (AvgIpc) is 2.90. The van der Waals surface area contributed by atoms with E-state index in [1.54, 1.807) is 6.07 Å². The van der Waals surface area contributed by atoms with Crippen LogP contribution in [0.3, 0.4) is 0 Å². The van der Waals surface area contributed by atoms with Gasteiger partial charge in [0, 0.05) is 12.6 Å². The number of carbonyl (C=O) groups excluding carboxylic acids is 1. The summed E-state index contributed by atoms with van der Waals surface area (Å²) in [4.78, 5) is 14.2. The van der Waals surface area contributed by atoms with Crippen LogP contribution in [0.25, 0.3) is 10.2 Å². The highest BCUT2D eigenvalue weighted by atomic mass is 32.2. The van der Waals surface area contributed by atoms with Crippen molar-refractivity contribution in [3.8, 4) is 0 Å². The quantitative estimate of drug-likeness (QED) is 0.572. The zero-order valence-electron chi connectivity index (χ0n) is 13.1. The third-order valence-corrected chi connectivity index (χ3v) is 5.85. The zero-order valence-corrected chi connectivity index (χ0v) is 14.7. The second kappa shape index (κ2) is 6.21. The van der Waals surface area contributed by atoms with E-state index in [4.69, 9.17) is 0 Å². The molecule has 0 saturated heterocycles. The molecule has 8 heteroatoms. The minimum atomic E-state index is -3.84. The first kappa shape index (κ1) is 16.4. The number of ketones is 1. The van der Waals surface area contributed by atoms with Gasteiger partial charge in [0.1, 0.15) is 0 Å². The van der Waals surface area contributed by atoms with E-state index in [2.05, 4.69) is 9.93 Å². The van der Waals surface area contributed by atoms with Crippen LogP contribution in [-0.4, -0.2) is 18.8 Å². The van der Waals surface area contributed by atoms with Crippen LogP contribution in [0.4, 0.5) is 0 Å². The summed E-state index contributed by atoms with van der Waals surface area (Å²) >= 11 is 1.38. The largest absolute Gasteiger partial charge is 0.318 e. The Balaban J connectivity index is 1.98. The number of hydrogen-bond acceptors (Lipinski definition) is 5. The molecule has 6 nitrogen and oxygen atoms in total. The molecule has 1 aromatic heterocycles. The minimum Gasteiger partial charge on any atom is -0.318 e. The Morgan fingerprint density at radius 2 is 1.92 bits per heavy atom. The first-order valence-corrected chi connectivity index (χ1v) is 9.39. The Morgan fingerprint density at radius 1 is 1.17 bits per heavy atom. The van der Waals surface area contributed by atoms with Crippen LogP contribution >= 0.6 is 11.3 Å². The fourth-order valence-corrected chi connectivity index (χ4v) is 4.11. The number of nitrogens with one attached hydrogen (secondary N) is 1. The predicted octanol–water partition coefficient (Wildman–Crippen LogP) is 2.24. The third kappa shape index (κ3) is 3.10. The van der Waals surface area contributed by atoms with Gasteiger partial charge in [0.2, 0.25) is 4.80 Å². The first-order valence-electron chi connectivity index (χ1n) is 7.09. The Kier molecular flexibility index (Phi) is 4.25. The Morgan fingerprint density at radius 3 is 2.62 bits per heavy atom. The second-order valence-corrected chi connectivity index (χ2v) is 7.87. The predicted molar refractivity (Wildman–Crippen MR) is 93.1 cm³/mol. The zero-order chi connectivity index (χ0) is 17.3. The van der Waals surface area contributed by atoms with Gasteiger partial charge >= 0.3 is 0 Å². The van der Waals surface area contributed by atoms with Crippen LogP contribution in [0.5, 0.6) is 0 Å². The number of rotatable bonds is 4. The Labute approximate surface area is 143 Å². The molecular weight excluding hydrogens is 346 g/mol. The molecule has 0 aliphatic heterocycles. The van der Waals surface area contributed by atoms with E-state index in [0.717, 1.165) is 10.2 Å². The van der Waals surface area contributed by atoms with Gasteiger partial charge in [-0.25, -0.2) is 0 Å². The number of aryl methyl sites for hydroxylation is 1. The van der Waals surface area contributed by atoms with E-state index in [-0.39, 0.29) is 10.7 Å². The molecule has 0 unspecified atom stereocenters. The number of sulfonamides is 1. The van der Waals surface area contributed by atoms with Crippen molar-refractivity contribution in [1.82, 2.24) is 9.40 Å². The molecule has 0 radical (unpaired) electrons. The van der Waals surface area contributed by atoms with Gasteiger partial charge in [0.15, 0.2) is 5.78 Å². The maximum Gasteiger partial charge on any atom is 0.276 e. The number of thiazole rings is 1. The summed E-state index contributed by atoms with van der Waals surface area (Å²) in [6.45, 7) is 1.39. The standard InChI is InChI=1S/C16H15N3O3S2/c1-11(20)12-6-5-7-13(10-12)24(21,22)18-17-16-19(2)14-8-3-4-9-15(14)23-16/h3-10,18H,1-2H3/b17-16+. The number of fused-ring (bicyclic) bond motifs is 1. The number of benzene rings is 2. The van der Waals surface area contributed by atoms with E-state index < -0.39 is 10.0 Å². The van der Waals surface area contributed by atoms with E-state index >= 15 is 0 Å². The van der Waals surface area contributed by atoms with Crippen molar-refractivity contribution in [1.29, 1.82) is 0 Å². The number of carbonyl (C=O) groups is 1. The second-order valence-electron chi connectivity index (χ2n) is 5.20. The summed E-state index contributed by atoms with van der Waals surface area (Å²) in [5.41, 5.74) is 1.31. The molecule has 0 atom stereocenters. The SMILES string of the molecule is CC(=O)c1cccc(S(=O)(=O)N/N=c2/sc3ccccc3n2C)c1. The lowest BCUT2D eigenvalue weighted by Gasteiger charge is -2.04. The fraction of sp³-hybridized carbons (Fsp3) is 0.125. The average molecular weight is 361 g/mol. The highest BCUT2D eigenvalue weighted by Gasteiger charge is 2.14. The summed E-state index contributed by atoms with van der Waals surface area (Å²) < 4.78 is 27.6. The van der Waals surface area contributed by atoms with Gasteiger partial charge in [0.05, 0.1) is 15.1 Å². The van der Waals surface area contributed by atoms with Crippen LogP contribution in [0.2, 0.25) is 0 Å². The van der Waals surface area contributed by atoms with Crippen molar-refractivity contribution >= 4 is 37.4 Å². The van der Waals surface area contributed by atoms with Gasteiger partial charge < -0.3 is 4.57 Å². The highest BCUT2D eigenvalue weighted by Crippen LogP contribution is 2.15. The van der Waals surface area contributed by atoms with E-state index in [9.17, 15) is 13.2 Å². The molecule has 1 N–H and O–H groups in total. The number of Topliss-reactive ketones (excluding diaryl/α,β-unsaturated/α-hetero) is 1. The van der Waals surface area contributed by atoms with Crippen molar-refractivity contribution in [2.75, 3.05) is 0 Å². The van der Waals surface area contributed by atoms with Gasteiger partial charge in [-0.05, 0) is 31.2 Å². The topological polar surface area (TPSA) is 80.5 Å². The molecular formula is C16H15N3O3S2. The van der Waals surface area contributed by atoms with Crippen molar-refractivity contribution in [3.63, 3.8) is 0 Å². The summed E-state index contributed by atoms with van der Waals surface area (Å²) in [5.74, 6) is -0.195. The molecule has 0 fully saturated rings. The van der Waals surface area contributed by atoms with Crippen molar-refractivity contribution in [2.24, 2.45) is 12.1 Å². The van der Waals surface area contributed by atoms with Crippen molar-refractivity contribution < 1.29 is 13.2 Å². The van der Waals surface area contributed by atoms with Gasteiger partial charge in [-0.1, -0.05) is 35.6 Å². The number of aromatic nitrogens is 1. The third-order valence-electron chi connectivity index (χ3n) is 3.53. The van der Waals surface area contributed by atoms with Crippen LogP contribution in [0, 0.1) is 0 Å². The highest BCUT2D eigenvalue weighted by molar-refractivity contribution is 7.89. The molecule has 124 valence electrons. The lowest BCUT2D eigenvalue weighted by Crippen LogP contribution is -2.23. The molecule has 3 rings (SSSR count). The molecule has 0 spiro atoms. The number of para-hydroxylation sites is 1. The van der Waals surface area contributed by atoms with E-state index in [1.165, 1.54) is 36.5 Å². The number of nitrogens with zero attached hydrogens (tertiary/aromatic N) is 2. The van der Waals surface area contributed by atoms with Crippen LogP contribution in [0.1, 0.15) is 17.3 Å². The smallest absolute Gasteiger partial charge is 0.276 e. The fourth-order valence-electron chi connectivity index (χ4n) is 2.22. The van der Waals surface area contributed by atoms with Gasteiger partial charge in [-0.15, -0.1) is 5.10 Å². The normalized spacial score (nSPS) is 12.5. The van der Waals surface area contributed by atoms with E-state index in [1.807, 2.05) is 35.9 Å². The van der Waals surface area contributed by atoms with Crippen LogP contribution in [-0.2, 0) is 17.1 Å². The Hall–Kier alpha value is -2.45. The van der Waals surface area contributed by atoms with E-state index in [0.29, 0.717) is 10.4 Å². The molecule has 0 bridgehead atoms. The summed E-state index contributed by atoms with van der Waals surface area (Å²) in [7, 11) is -2.02. The maximum absolute atomic E-state index is 12.4. The van der Waals surface area contributed by atoms with Gasteiger partial charge in [-0.2, -0.15) is 13.2 Å². The summed E-state index contributed by atoms with van der Waals surface area (Å²) in [5, 5.41) is 4.02. The number of hydrogen-bond donors (Lipinski definition) is 1. The van der Waals surface area contributed by atoms with Gasteiger partial charge in [-0.3, -0.25) is 4.79 Å². The first-order chi connectivity index (χ1) is 11.4. The summed E-state index contributed by atoms with van der Waals surface area (Å²) in [6, 6.07) is 13.6. The molecule has 2 aromatic carbocycles. The molecule has 24 heavy (non-hydrogen) atoms. The molecule has 0 aliphatic carbocycles. The lowest BCUT2D eigenvalue weighted by molar-refractivity contribution is 0.101. The lowest BCUT2D eigenvalue weighted by atomic mass is 10.2. The summed E-state index contributed by atoms with van der Waals surface area (Å²) in [6.07, 6.45) is 0. The monoisotopic (exact) mass is 361 g/mol. The Bertz CT molecular complexity index is 1090. The van der Waals surface area contributed by atoms with Gasteiger partial charge in [0.25, 0.3) is 10.0 Å².